The zero-order chi connectivity index (χ0) is 17.1. The molecule has 0 aromatic heterocycles. The predicted octanol–water partition coefficient (Wildman–Crippen LogP) is 0.798. The lowest BCUT2D eigenvalue weighted by Gasteiger charge is -2.19. The zero-order valence-electron chi connectivity index (χ0n) is 11.8. The van der Waals surface area contributed by atoms with Gasteiger partial charge in [-0.25, -0.2) is 13.1 Å². The molecule has 0 fully saturated rings. The molecule has 0 aliphatic heterocycles. The number of nitrogens with zero attached hydrogens (tertiary/aromatic N) is 2. The fourth-order valence-electron chi connectivity index (χ4n) is 1.64. The van der Waals surface area contributed by atoms with E-state index in [0.29, 0.717) is 6.07 Å². The van der Waals surface area contributed by atoms with Crippen LogP contribution in [0.2, 0.25) is 0 Å². The summed E-state index contributed by atoms with van der Waals surface area (Å²) in [5.41, 5.74) is -1.49. The van der Waals surface area contributed by atoms with Crippen LogP contribution in [0.4, 0.5) is 11.4 Å². The summed E-state index contributed by atoms with van der Waals surface area (Å²) in [6.07, 6.45) is 0. The van der Waals surface area contributed by atoms with E-state index in [9.17, 15) is 28.6 Å². The van der Waals surface area contributed by atoms with Crippen molar-refractivity contribution in [1.82, 2.24) is 4.72 Å². The number of hydrogen-bond donors (Lipinski definition) is 2. The number of nitro benzene ring substituents is 2. The molecule has 11 heteroatoms. The van der Waals surface area contributed by atoms with Crippen molar-refractivity contribution < 1.29 is 23.4 Å². The van der Waals surface area contributed by atoms with Crippen molar-refractivity contribution in [3.05, 3.63) is 38.4 Å². The molecule has 0 aliphatic rings. The van der Waals surface area contributed by atoms with Crippen LogP contribution < -0.4 is 4.72 Å². The van der Waals surface area contributed by atoms with Gasteiger partial charge in [-0.05, 0) is 12.0 Å². The Kier molecular flexibility index (Phi) is 5.52. The Balaban J connectivity index is 3.35. The average Bonchev–Trinajstić information content (AvgIpc) is 2.43. The molecule has 1 rings (SSSR count). The van der Waals surface area contributed by atoms with E-state index < -0.39 is 48.8 Å². The largest absolute Gasteiger partial charge is 0.395 e. The summed E-state index contributed by atoms with van der Waals surface area (Å²) in [6.45, 7) is 2.83. The molecule has 1 aromatic rings. The third-order valence-electron chi connectivity index (χ3n) is 2.95. The Labute approximate surface area is 126 Å². The van der Waals surface area contributed by atoms with Gasteiger partial charge in [0.15, 0.2) is 4.90 Å². The van der Waals surface area contributed by atoms with Gasteiger partial charge in [0.2, 0.25) is 10.0 Å². The van der Waals surface area contributed by atoms with Crippen LogP contribution in [0.1, 0.15) is 13.8 Å². The standard InChI is InChI=1S/C11H15N3O7S/c1-7(2)9(6-15)12-22(20,21)11-4-3-8(13(16)17)5-10(11)14(18)19/h3-5,7,9,12,15H,6H2,1-2H3/t9-/m1/s1. The fraction of sp³-hybridized carbons (Fsp3) is 0.455. The molecule has 1 atom stereocenters. The predicted molar refractivity (Wildman–Crippen MR) is 75.8 cm³/mol. The summed E-state index contributed by atoms with van der Waals surface area (Å²) in [4.78, 5) is 19.0. The summed E-state index contributed by atoms with van der Waals surface area (Å²) >= 11 is 0. The Bertz CT molecular complexity index is 687. The number of non-ortho nitro benzene ring substituents is 1. The van der Waals surface area contributed by atoms with Gasteiger partial charge in [-0.1, -0.05) is 13.8 Å². The third-order valence-corrected chi connectivity index (χ3v) is 4.48. The van der Waals surface area contributed by atoms with E-state index in [-0.39, 0.29) is 5.92 Å². The highest BCUT2D eigenvalue weighted by Crippen LogP contribution is 2.28. The van der Waals surface area contributed by atoms with Crippen molar-refractivity contribution in [3.63, 3.8) is 0 Å². The molecule has 10 nitrogen and oxygen atoms in total. The van der Waals surface area contributed by atoms with Crippen LogP contribution in [0.25, 0.3) is 0 Å². The van der Waals surface area contributed by atoms with E-state index in [4.69, 9.17) is 5.11 Å². The van der Waals surface area contributed by atoms with Gasteiger partial charge in [-0.15, -0.1) is 0 Å². The number of hydrogen-bond acceptors (Lipinski definition) is 7. The van der Waals surface area contributed by atoms with Crippen molar-refractivity contribution in [2.45, 2.75) is 24.8 Å². The highest BCUT2D eigenvalue weighted by molar-refractivity contribution is 7.89. The van der Waals surface area contributed by atoms with Crippen LogP contribution in [0.15, 0.2) is 23.1 Å². The Hall–Kier alpha value is -2.11. The minimum absolute atomic E-state index is 0.253. The number of aliphatic hydroxyl groups excluding tert-OH is 1. The molecule has 0 radical (unpaired) electrons. The summed E-state index contributed by atoms with van der Waals surface area (Å²) in [5, 5.41) is 30.8. The quantitative estimate of drug-likeness (QED) is 0.552. The maximum atomic E-state index is 12.2. The number of benzene rings is 1. The summed E-state index contributed by atoms with van der Waals surface area (Å²) in [5.74, 6) is -0.253. The maximum absolute atomic E-state index is 12.2. The van der Waals surface area contributed by atoms with Crippen LogP contribution >= 0.6 is 0 Å². The average molecular weight is 333 g/mol. The van der Waals surface area contributed by atoms with Gasteiger partial charge < -0.3 is 5.11 Å². The molecule has 122 valence electrons. The lowest BCUT2D eigenvalue weighted by Crippen LogP contribution is -2.41. The van der Waals surface area contributed by atoms with Crippen molar-refractivity contribution in [3.8, 4) is 0 Å². The van der Waals surface area contributed by atoms with E-state index in [1.54, 1.807) is 13.8 Å². The smallest absolute Gasteiger partial charge is 0.296 e. The first-order chi connectivity index (χ1) is 10.1. The van der Waals surface area contributed by atoms with Gasteiger partial charge >= 0.3 is 0 Å². The topological polar surface area (TPSA) is 153 Å². The van der Waals surface area contributed by atoms with Crippen LogP contribution in [0, 0.1) is 26.1 Å². The molecule has 0 heterocycles. The monoisotopic (exact) mass is 333 g/mol. The molecular weight excluding hydrogens is 318 g/mol. The van der Waals surface area contributed by atoms with Gasteiger partial charge in [-0.3, -0.25) is 20.2 Å². The molecule has 1 aromatic carbocycles. The van der Waals surface area contributed by atoms with E-state index in [2.05, 4.69) is 4.72 Å². The van der Waals surface area contributed by atoms with Crippen LogP contribution in [0.5, 0.6) is 0 Å². The molecule has 0 unspecified atom stereocenters. The maximum Gasteiger partial charge on any atom is 0.296 e. The molecule has 22 heavy (non-hydrogen) atoms. The number of nitro groups is 2. The fourth-order valence-corrected chi connectivity index (χ4v) is 3.16. The summed E-state index contributed by atoms with van der Waals surface area (Å²) in [6, 6.07) is 1.41. The van der Waals surface area contributed by atoms with Gasteiger partial charge in [-0.2, -0.15) is 0 Å². The number of rotatable bonds is 7. The van der Waals surface area contributed by atoms with Crippen LogP contribution in [-0.4, -0.2) is 36.0 Å². The first kappa shape index (κ1) is 17.9. The van der Waals surface area contributed by atoms with Crippen molar-refractivity contribution in [2.24, 2.45) is 5.92 Å². The summed E-state index contributed by atoms with van der Waals surface area (Å²) in [7, 11) is -4.31. The minimum atomic E-state index is -4.31. The second-order valence-corrected chi connectivity index (χ2v) is 6.50. The van der Waals surface area contributed by atoms with E-state index in [1.165, 1.54) is 0 Å². The molecule has 0 saturated carbocycles. The normalized spacial score (nSPS) is 13.1. The highest BCUT2D eigenvalue weighted by atomic mass is 32.2. The second-order valence-electron chi connectivity index (χ2n) is 4.82. The highest BCUT2D eigenvalue weighted by Gasteiger charge is 2.30. The molecular formula is C11H15N3O7S. The summed E-state index contributed by atoms with van der Waals surface area (Å²) < 4.78 is 26.6. The number of sulfonamides is 1. The molecule has 2 N–H and O–H groups in total. The third kappa shape index (κ3) is 3.96. The first-order valence-electron chi connectivity index (χ1n) is 6.16. The van der Waals surface area contributed by atoms with Gasteiger partial charge in [0.05, 0.1) is 22.5 Å². The van der Waals surface area contributed by atoms with Gasteiger partial charge in [0, 0.05) is 12.1 Å². The Morgan fingerprint density at radius 1 is 1.23 bits per heavy atom. The van der Waals surface area contributed by atoms with Gasteiger partial charge in [0.25, 0.3) is 11.4 Å². The Morgan fingerprint density at radius 3 is 2.23 bits per heavy atom. The number of nitrogens with one attached hydrogen (secondary N) is 1. The van der Waals surface area contributed by atoms with Crippen molar-refractivity contribution in [2.75, 3.05) is 6.61 Å². The molecule has 0 bridgehead atoms. The number of aliphatic hydroxyl groups is 1. The Morgan fingerprint density at radius 2 is 1.82 bits per heavy atom. The lowest BCUT2D eigenvalue weighted by molar-refractivity contribution is -0.396. The van der Waals surface area contributed by atoms with E-state index in [1.807, 2.05) is 0 Å². The van der Waals surface area contributed by atoms with Crippen LogP contribution in [0.3, 0.4) is 0 Å². The minimum Gasteiger partial charge on any atom is -0.395 e. The zero-order valence-corrected chi connectivity index (χ0v) is 12.6. The second kappa shape index (κ2) is 6.77. The lowest BCUT2D eigenvalue weighted by atomic mass is 10.1. The SMILES string of the molecule is CC(C)[C@@H](CO)NS(=O)(=O)c1ccc([N+](=O)[O-])cc1[N+](=O)[O-]. The molecule has 0 amide bonds. The van der Waals surface area contributed by atoms with E-state index in [0.717, 1.165) is 12.1 Å². The molecule has 0 aliphatic carbocycles. The van der Waals surface area contributed by atoms with E-state index >= 15 is 0 Å². The molecule has 0 saturated heterocycles. The van der Waals surface area contributed by atoms with Crippen molar-refractivity contribution >= 4 is 21.4 Å². The van der Waals surface area contributed by atoms with Gasteiger partial charge in [0.1, 0.15) is 0 Å². The first-order valence-corrected chi connectivity index (χ1v) is 7.64. The van der Waals surface area contributed by atoms with Crippen LogP contribution in [-0.2, 0) is 10.0 Å². The van der Waals surface area contributed by atoms with Crippen molar-refractivity contribution in [1.29, 1.82) is 0 Å². The molecule has 0 spiro atoms.